The SMILES string of the molecule is COc1cc(C)c(OC)c2ccc(C(=O)C[n+]3csc(C)c3C)cc12. The number of thiazole rings is 1. The summed E-state index contributed by atoms with van der Waals surface area (Å²) < 4.78 is 13.0. The molecule has 5 heteroatoms. The topological polar surface area (TPSA) is 39.4 Å². The Bertz CT molecular complexity index is 959. The van der Waals surface area contributed by atoms with Gasteiger partial charge in [-0.1, -0.05) is 17.4 Å². The van der Waals surface area contributed by atoms with Crippen LogP contribution < -0.4 is 14.0 Å². The molecule has 0 unspecified atom stereocenters. The zero-order valence-corrected chi connectivity index (χ0v) is 16.0. The Kier molecular flexibility index (Phi) is 4.77. The number of nitrogens with zero attached hydrogens (tertiary/aromatic N) is 1. The van der Waals surface area contributed by atoms with Crippen LogP contribution in [0.5, 0.6) is 11.5 Å². The van der Waals surface area contributed by atoms with Crippen LogP contribution in [0.3, 0.4) is 0 Å². The fraction of sp³-hybridized carbons (Fsp3) is 0.300. The summed E-state index contributed by atoms with van der Waals surface area (Å²) in [6.45, 7) is 6.43. The number of rotatable bonds is 5. The summed E-state index contributed by atoms with van der Waals surface area (Å²) in [5.41, 5.74) is 4.81. The number of hydrogen-bond donors (Lipinski definition) is 0. The van der Waals surface area contributed by atoms with E-state index < -0.39 is 0 Å². The smallest absolute Gasteiger partial charge is 0.227 e. The van der Waals surface area contributed by atoms with Gasteiger partial charge in [0.05, 0.1) is 19.1 Å². The van der Waals surface area contributed by atoms with Crippen molar-refractivity contribution in [3.63, 3.8) is 0 Å². The Labute approximate surface area is 151 Å². The van der Waals surface area contributed by atoms with E-state index in [-0.39, 0.29) is 5.78 Å². The fourth-order valence-corrected chi connectivity index (χ4v) is 3.83. The molecule has 0 aliphatic carbocycles. The molecule has 0 atom stereocenters. The molecule has 0 aliphatic rings. The van der Waals surface area contributed by atoms with Gasteiger partial charge in [-0.05, 0) is 37.6 Å². The lowest BCUT2D eigenvalue weighted by atomic mass is 10.0. The predicted molar refractivity (Wildman–Crippen MR) is 100 cm³/mol. The van der Waals surface area contributed by atoms with Crippen LogP contribution in [-0.4, -0.2) is 20.0 Å². The average molecular weight is 356 g/mol. The van der Waals surface area contributed by atoms with Crippen molar-refractivity contribution in [1.82, 2.24) is 0 Å². The summed E-state index contributed by atoms with van der Waals surface area (Å²) in [5.74, 6) is 1.64. The predicted octanol–water partition coefficient (Wildman–Crippen LogP) is 4.01. The summed E-state index contributed by atoms with van der Waals surface area (Å²) in [7, 11) is 3.30. The molecule has 0 bridgehead atoms. The molecule has 3 aromatic rings. The van der Waals surface area contributed by atoms with Crippen LogP contribution in [0.2, 0.25) is 0 Å². The fourth-order valence-electron chi connectivity index (χ4n) is 3.02. The zero-order valence-electron chi connectivity index (χ0n) is 15.2. The van der Waals surface area contributed by atoms with Gasteiger partial charge < -0.3 is 9.47 Å². The minimum atomic E-state index is 0.0781. The molecule has 25 heavy (non-hydrogen) atoms. The maximum absolute atomic E-state index is 12.8. The van der Waals surface area contributed by atoms with E-state index in [1.165, 1.54) is 4.88 Å². The molecule has 1 heterocycles. The van der Waals surface area contributed by atoms with E-state index in [0.717, 1.165) is 33.5 Å². The van der Waals surface area contributed by atoms with E-state index in [1.807, 2.05) is 48.2 Å². The third-order valence-corrected chi connectivity index (χ3v) is 5.60. The minimum absolute atomic E-state index is 0.0781. The first kappa shape index (κ1) is 17.4. The summed E-state index contributed by atoms with van der Waals surface area (Å²) >= 11 is 1.66. The van der Waals surface area contributed by atoms with Crippen LogP contribution >= 0.6 is 11.3 Å². The van der Waals surface area contributed by atoms with Crippen molar-refractivity contribution >= 4 is 27.9 Å². The Morgan fingerprint density at radius 1 is 1.08 bits per heavy atom. The number of methoxy groups -OCH3 is 2. The normalized spacial score (nSPS) is 10.9. The second-order valence-electron chi connectivity index (χ2n) is 6.11. The van der Waals surface area contributed by atoms with Crippen LogP contribution in [0.25, 0.3) is 10.8 Å². The Balaban J connectivity index is 2.04. The molecular formula is C20H22NO3S+. The van der Waals surface area contributed by atoms with Crippen molar-refractivity contribution in [2.24, 2.45) is 0 Å². The highest BCUT2D eigenvalue weighted by molar-refractivity contribution is 7.09. The van der Waals surface area contributed by atoms with E-state index in [4.69, 9.17) is 9.47 Å². The largest absolute Gasteiger partial charge is 0.496 e. The number of ketones is 1. The summed E-state index contributed by atoms with van der Waals surface area (Å²) in [4.78, 5) is 14.0. The second kappa shape index (κ2) is 6.84. The maximum atomic E-state index is 12.8. The van der Waals surface area contributed by atoms with Crippen molar-refractivity contribution in [2.75, 3.05) is 14.2 Å². The lowest BCUT2D eigenvalue weighted by Gasteiger charge is -2.13. The van der Waals surface area contributed by atoms with Gasteiger partial charge in [-0.15, -0.1) is 0 Å². The third kappa shape index (κ3) is 3.12. The molecule has 1 aromatic heterocycles. The third-order valence-electron chi connectivity index (χ3n) is 4.59. The van der Waals surface area contributed by atoms with Gasteiger partial charge in [0.1, 0.15) is 11.5 Å². The summed E-state index contributed by atoms with van der Waals surface area (Å²) in [5, 5.41) is 1.84. The number of hydrogen-bond acceptors (Lipinski definition) is 4. The Morgan fingerprint density at radius 2 is 1.84 bits per heavy atom. The molecule has 0 saturated heterocycles. The molecule has 0 radical (unpaired) electrons. The number of aromatic nitrogens is 1. The number of ether oxygens (including phenoxy) is 2. The van der Waals surface area contributed by atoms with Gasteiger partial charge in [0.25, 0.3) is 0 Å². The molecule has 130 valence electrons. The van der Waals surface area contributed by atoms with Crippen molar-refractivity contribution in [3.05, 3.63) is 51.5 Å². The van der Waals surface area contributed by atoms with Gasteiger partial charge in [-0.3, -0.25) is 4.79 Å². The van der Waals surface area contributed by atoms with E-state index >= 15 is 0 Å². The number of aryl methyl sites for hydroxylation is 2. The highest BCUT2D eigenvalue weighted by atomic mass is 32.1. The second-order valence-corrected chi connectivity index (χ2v) is 7.16. The van der Waals surface area contributed by atoms with Crippen LogP contribution in [0, 0.1) is 20.8 Å². The lowest BCUT2D eigenvalue weighted by Crippen LogP contribution is -2.38. The number of Topliss-reactive ketones (excluding diaryl/α,β-unsaturated/α-hetero) is 1. The molecule has 0 aliphatic heterocycles. The zero-order chi connectivity index (χ0) is 18.1. The monoisotopic (exact) mass is 356 g/mol. The highest BCUT2D eigenvalue weighted by Crippen LogP contribution is 2.36. The number of benzene rings is 2. The minimum Gasteiger partial charge on any atom is -0.496 e. The maximum Gasteiger partial charge on any atom is 0.227 e. The number of fused-ring (bicyclic) bond motifs is 1. The van der Waals surface area contributed by atoms with Crippen LogP contribution in [0.15, 0.2) is 29.8 Å². The van der Waals surface area contributed by atoms with Gasteiger partial charge in [-0.25, -0.2) is 0 Å². The highest BCUT2D eigenvalue weighted by Gasteiger charge is 2.19. The summed E-state index contributed by atoms with van der Waals surface area (Å²) in [6.07, 6.45) is 0. The molecule has 0 fully saturated rings. The van der Waals surface area contributed by atoms with Crippen molar-refractivity contribution < 1.29 is 18.8 Å². The molecule has 4 nitrogen and oxygen atoms in total. The Morgan fingerprint density at radius 3 is 2.44 bits per heavy atom. The van der Waals surface area contributed by atoms with Crippen LogP contribution in [0.1, 0.15) is 26.5 Å². The van der Waals surface area contributed by atoms with Crippen LogP contribution in [0.4, 0.5) is 0 Å². The van der Waals surface area contributed by atoms with Crippen molar-refractivity contribution in [2.45, 2.75) is 27.3 Å². The quantitative estimate of drug-likeness (QED) is 0.512. The lowest BCUT2D eigenvalue weighted by molar-refractivity contribution is -0.684. The Hall–Kier alpha value is -2.40. The molecule has 0 amide bonds. The molecule has 3 rings (SSSR count). The number of carbonyl (C=O) groups is 1. The van der Waals surface area contributed by atoms with E-state index in [0.29, 0.717) is 12.1 Å². The number of carbonyl (C=O) groups excluding carboxylic acids is 1. The molecular weight excluding hydrogens is 334 g/mol. The average Bonchev–Trinajstić information content (AvgIpc) is 2.92. The first-order valence-corrected chi connectivity index (χ1v) is 8.97. The van der Waals surface area contributed by atoms with E-state index in [1.54, 1.807) is 25.6 Å². The summed E-state index contributed by atoms with van der Waals surface area (Å²) in [6, 6.07) is 7.64. The molecule has 0 spiro atoms. The van der Waals surface area contributed by atoms with Crippen LogP contribution in [-0.2, 0) is 6.54 Å². The van der Waals surface area contributed by atoms with Crippen molar-refractivity contribution in [1.29, 1.82) is 0 Å². The molecule has 0 saturated carbocycles. The van der Waals surface area contributed by atoms with Gasteiger partial charge in [0.15, 0.2) is 5.69 Å². The van der Waals surface area contributed by atoms with Gasteiger partial charge in [0, 0.05) is 23.3 Å². The first-order valence-electron chi connectivity index (χ1n) is 8.09. The van der Waals surface area contributed by atoms with E-state index in [2.05, 4.69) is 6.92 Å². The van der Waals surface area contributed by atoms with E-state index in [9.17, 15) is 4.79 Å². The standard InChI is InChI=1S/C20H22NO3S/c1-12-8-19(23-4)17-9-15(6-7-16(17)20(12)24-5)18(22)10-21-11-25-14(3)13(21)2/h6-9,11H,10H2,1-5H3/q+1. The first-order chi connectivity index (χ1) is 12.0. The molecule has 2 aromatic carbocycles. The van der Waals surface area contributed by atoms with Gasteiger partial charge in [-0.2, -0.15) is 4.57 Å². The van der Waals surface area contributed by atoms with Crippen molar-refractivity contribution in [3.8, 4) is 11.5 Å². The van der Waals surface area contributed by atoms with Gasteiger partial charge >= 0.3 is 0 Å². The van der Waals surface area contributed by atoms with Gasteiger partial charge in [0.2, 0.25) is 17.8 Å². The molecule has 0 N–H and O–H groups in total.